The standard InChI is InChI=1S/C16H24O2/c1-3-4-5-6-10-13-15(16(17)18-2)14-11-8-7-9-12-14/h7-9,11-12,15H,3-6,10,13H2,1-2H3. The summed E-state index contributed by atoms with van der Waals surface area (Å²) in [6.45, 7) is 2.21. The highest BCUT2D eigenvalue weighted by molar-refractivity contribution is 5.77. The number of ether oxygens (including phenoxy) is 1. The fourth-order valence-electron chi connectivity index (χ4n) is 2.20. The van der Waals surface area contributed by atoms with Crippen molar-refractivity contribution in [2.45, 2.75) is 51.4 Å². The first-order valence-corrected chi connectivity index (χ1v) is 6.92. The Morgan fingerprint density at radius 2 is 1.78 bits per heavy atom. The van der Waals surface area contributed by atoms with Crippen molar-refractivity contribution in [1.29, 1.82) is 0 Å². The average Bonchev–Trinajstić information content (AvgIpc) is 2.43. The van der Waals surface area contributed by atoms with Crippen LogP contribution in [0.25, 0.3) is 0 Å². The summed E-state index contributed by atoms with van der Waals surface area (Å²) in [6, 6.07) is 9.94. The van der Waals surface area contributed by atoms with Crippen LogP contribution in [0, 0.1) is 0 Å². The van der Waals surface area contributed by atoms with Gasteiger partial charge in [0.2, 0.25) is 0 Å². The zero-order valence-corrected chi connectivity index (χ0v) is 11.5. The van der Waals surface area contributed by atoms with Crippen LogP contribution in [0.15, 0.2) is 30.3 Å². The van der Waals surface area contributed by atoms with E-state index in [1.165, 1.54) is 32.8 Å². The van der Waals surface area contributed by atoms with Gasteiger partial charge < -0.3 is 4.74 Å². The normalized spacial score (nSPS) is 12.1. The fraction of sp³-hybridized carbons (Fsp3) is 0.562. The molecule has 0 radical (unpaired) electrons. The Labute approximate surface area is 110 Å². The molecule has 0 saturated carbocycles. The summed E-state index contributed by atoms with van der Waals surface area (Å²) in [7, 11) is 1.47. The molecule has 1 atom stereocenters. The Bertz CT molecular complexity index is 332. The van der Waals surface area contributed by atoms with E-state index >= 15 is 0 Å². The van der Waals surface area contributed by atoms with Crippen LogP contribution in [0.2, 0.25) is 0 Å². The molecule has 2 heteroatoms. The molecule has 0 aromatic heterocycles. The summed E-state index contributed by atoms with van der Waals surface area (Å²) < 4.78 is 4.91. The Balaban J connectivity index is 2.50. The topological polar surface area (TPSA) is 26.3 Å². The first-order chi connectivity index (χ1) is 8.79. The number of carbonyl (C=O) groups is 1. The molecule has 0 spiro atoms. The summed E-state index contributed by atoms with van der Waals surface area (Å²) in [5.74, 6) is -0.213. The number of esters is 1. The SMILES string of the molecule is CCCCCCCC(C(=O)OC)c1ccccc1. The lowest BCUT2D eigenvalue weighted by atomic mass is 9.93. The highest BCUT2D eigenvalue weighted by atomic mass is 16.5. The van der Waals surface area contributed by atoms with Crippen molar-refractivity contribution in [2.75, 3.05) is 7.11 Å². The Kier molecular flexibility index (Phi) is 7.16. The quantitative estimate of drug-likeness (QED) is 0.506. The number of hydrogen-bond donors (Lipinski definition) is 0. The lowest BCUT2D eigenvalue weighted by Crippen LogP contribution is -2.14. The fourth-order valence-corrected chi connectivity index (χ4v) is 2.20. The van der Waals surface area contributed by atoms with Gasteiger partial charge in [0.15, 0.2) is 0 Å². The Morgan fingerprint density at radius 1 is 1.11 bits per heavy atom. The highest BCUT2D eigenvalue weighted by Crippen LogP contribution is 2.24. The summed E-state index contributed by atoms with van der Waals surface area (Å²) in [6.07, 6.45) is 6.98. The molecule has 0 heterocycles. The van der Waals surface area contributed by atoms with Crippen molar-refractivity contribution in [1.82, 2.24) is 0 Å². The van der Waals surface area contributed by atoms with Crippen LogP contribution in [0.3, 0.4) is 0 Å². The Morgan fingerprint density at radius 3 is 2.39 bits per heavy atom. The molecule has 18 heavy (non-hydrogen) atoms. The maximum absolute atomic E-state index is 11.8. The molecule has 0 amide bonds. The summed E-state index contributed by atoms with van der Waals surface area (Å²) in [5, 5.41) is 0. The minimum atomic E-state index is -0.114. The average molecular weight is 248 g/mol. The third-order valence-corrected chi connectivity index (χ3v) is 3.28. The molecule has 2 nitrogen and oxygen atoms in total. The van der Waals surface area contributed by atoms with Crippen LogP contribution in [0.5, 0.6) is 0 Å². The largest absolute Gasteiger partial charge is 0.469 e. The minimum Gasteiger partial charge on any atom is -0.469 e. The molecule has 1 rings (SSSR count). The molecule has 0 fully saturated rings. The minimum absolute atomic E-state index is 0.0992. The van der Waals surface area contributed by atoms with E-state index in [0.29, 0.717) is 0 Å². The molecule has 1 aromatic rings. The second-order valence-corrected chi connectivity index (χ2v) is 4.69. The van der Waals surface area contributed by atoms with Crippen molar-refractivity contribution >= 4 is 5.97 Å². The molecular weight excluding hydrogens is 224 g/mol. The maximum atomic E-state index is 11.8. The molecule has 0 aliphatic rings. The lowest BCUT2D eigenvalue weighted by molar-refractivity contribution is -0.142. The lowest BCUT2D eigenvalue weighted by Gasteiger charge is -2.14. The zero-order valence-electron chi connectivity index (χ0n) is 11.5. The number of hydrogen-bond acceptors (Lipinski definition) is 2. The summed E-state index contributed by atoms with van der Waals surface area (Å²) in [5.41, 5.74) is 1.07. The second-order valence-electron chi connectivity index (χ2n) is 4.69. The van der Waals surface area contributed by atoms with Crippen LogP contribution < -0.4 is 0 Å². The smallest absolute Gasteiger partial charge is 0.313 e. The molecule has 0 bridgehead atoms. The first kappa shape index (κ1) is 14.7. The van der Waals surface area contributed by atoms with E-state index < -0.39 is 0 Å². The van der Waals surface area contributed by atoms with Crippen molar-refractivity contribution in [2.24, 2.45) is 0 Å². The molecule has 100 valence electrons. The third kappa shape index (κ3) is 4.91. The Hall–Kier alpha value is -1.31. The first-order valence-electron chi connectivity index (χ1n) is 6.92. The predicted octanol–water partition coefficient (Wildman–Crippen LogP) is 4.30. The maximum Gasteiger partial charge on any atom is 0.313 e. The van der Waals surface area contributed by atoms with E-state index in [1.54, 1.807) is 0 Å². The monoisotopic (exact) mass is 248 g/mol. The molecule has 0 N–H and O–H groups in total. The van der Waals surface area contributed by atoms with Gasteiger partial charge in [0.25, 0.3) is 0 Å². The molecule has 1 aromatic carbocycles. The van der Waals surface area contributed by atoms with Crippen molar-refractivity contribution in [3.8, 4) is 0 Å². The second kappa shape index (κ2) is 8.73. The van der Waals surface area contributed by atoms with Gasteiger partial charge in [0.1, 0.15) is 0 Å². The van der Waals surface area contributed by atoms with E-state index in [2.05, 4.69) is 6.92 Å². The van der Waals surface area contributed by atoms with Gasteiger partial charge in [-0.1, -0.05) is 69.4 Å². The number of unbranched alkanes of at least 4 members (excludes halogenated alkanes) is 4. The van der Waals surface area contributed by atoms with E-state index in [4.69, 9.17) is 4.74 Å². The van der Waals surface area contributed by atoms with Gasteiger partial charge in [-0.2, -0.15) is 0 Å². The van der Waals surface area contributed by atoms with Crippen LogP contribution in [0.1, 0.15) is 56.9 Å². The van der Waals surface area contributed by atoms with Gasteiger partial charge in [0.05, 0.1) is 13.0 Å². The van der Waals surface area contributed by atoms with Crippen molar-refractivity contribution < 1.29 is 9.53 Å². The van der Waals surface area contributed by atoms with Crippen molar-refractivity contribution in [3.63, 3.8) is 0 Å². The van der Waals surface area contributed by atoms with Crippen LogP contribution >= 0.6 is 0 Å². The van der Waals surface area contributed by atoms with Gasteiger partial charge in [-0.3, -0.25) is 4.79 Å². The molecule has 0 saturated heterocycles. The molecule has 0 aliphatic heterocycles. The van der Waals surface area contributed by atoms with E-state index in [1.807, 2.05) is 30.3 Å². The number of benzene rings is 1. The molecule has 0 aliphatic carbocycles. The van der Waals surface area contributed by atoms with Crippen molar-refractivity contribution in [3.05, 3.63) is 35.9 Å². The van der Waals surface area contributed by atoms with Gasteiger partial charge in [0, 0.05) is 0 Å². The van der Waals surface area contributed by atoms with E-state index in [-0.39, 0.29) is 11.9 Å². The third-order valence-electron chi connectivity index (χ3n) is 3.28. The van der Waals surface area contributed by atoms with Gasteiger partial charge in [-0.05, 0) is 12.0 Å². The molecular formula is C16H24O2. The predicted molar refractivity (Wildman–Crippen MR) is 74.6 cm³/mol. The molecule has 1 unspecified atom stereocenters. The van der Waals surface area contributed by atoms with Gasteiger partial charge in [-0.15, -0.1) is 0 Å². The number of carbonyl (C=O) groups excluding carboxylic acids is 1. The van der Waals surface area contributed by atoms with Gasteiger partial charge in [-0.25, -0.2) is 0 Å². The van der Waals surface area contributed by atoms with E-state index in [9.17, 15) is 4.79 Å². The summed E-state index contributed by atoms with van der Waals surface area (Å²) in [4.78, 5) is 11.8. The zero-order chi connectivity index (χ0) is 13.2. The van der Waals surface area contributed by atoms with Crippen LogP contribution in [-0.2, 0) is 9.53 Å². The highest BCUT2D eigenvalue weighted by Gasteiger charge is 2.20. The number of methoxy groups -OCH3 is 1. The summed E-state index contributed by atoms with van der Waals surface area (Å²) >= 11 is 0. The van der Waals surface area contributed by atoms with Crippen LogP contribution in [0.4, 0.5) is 0 Å². The van der Waals surface area contributed by atoms with Crippen LogP contribution in [-0.4, -0.2) is 13.1 Å². The number of rotatable bonds is 8. The van der Waals surface area contributed by atoms with E-state index in [0.717, 1.165) is 18.4 Å². The van der Waals surface area contributed by atoms with Gasteiger partial charge >= 0.3 is 5.97 Å².